The van der Waals surface area contributed by atoms with Crippen LogP contribution in [0.15, 0.2) is 30.3 Å². The van der Waals surface area contributed by atoms with E-state index < -0.39 is 0 Å². The topological polar surface area (TPSA) is 93.5 Å². The number of hydrogen-bond donors (Lipinski definition) is 0. The molecule has 1 spiro atoms. The molecular formula is C22H28N6O3. The second kappa shape index (κ2) is 8.28. The van der Waals surface area contributed by atoms with Gasteiger partial charge < -0.3 is 14.5 Å². The maximum atomic E-state index is 12.7. The Labute approximate surface area is 181 Å². The number of rotatable bonds is 4. The molecule has 2 saturated heterocycles. The second-order valence-electron chi connectivity index (χ2n) is 8.86. The maximum absolute atomic E-state index is 12.7. The fourth-order valence-electron chi connectivity index (χ4n) is 5.05. The van der Waals surface area contributed by atoms with E-state index >= 15 is 0 Å². The molecule has 3 fully saturated rings. The zero-order valence-electron chi connectivity index (χ0n) is 17.7. The van der Waals surface area contributed by atoms with Crippen LogP contribution >= 0.6 is 0 Å². The Morgan fingerprint density at radius 2 is 1.84 bits per heavy atom. The van der Waals surface area contributed by atoms with Crippen LogP contribution < -0.4 is 0 Å². The number of likely N-dealkylation sites (tertiary alicyclic amines) is 1. The van der Waals surface area contributed by atoms with Crippen LogP contribution in [0.3, 0.4) is 0 Å². The summed E-state index contributed by atoms with van der Waals surface area (Å²) in [5.41, 5.74) is 0.604. The molecule has 31 heavy (non-hydrogen) atoms. The number of tetrazole rings is 1. The van der Waals surface area contributed by atoms with Crippen molar-refractivity contribution in [3.8, 4) is 11.4 Å². The van der Waals surface area contributed by atoms with Crippen molar-refractivity contribution in [1.82, 2.24) is 30.0 Å². The fraction of sp³-hybridized carbons (Fsp3) is 0.591. The molecule has 0 atom stereocenters. The first-order valence-corrected chi connectivity index (χ1v) is 11.2. The minimum absolute atomic E-state index is 0.0248. The summed E-state index contributed by atoms with van der Waals surface area (Å²) in [5.74, 6) is 0.486. The number of aromatic nitrogens is 4. The molecule has 0 N–H and O–H groups in total. The van der Waals surface area contributed by atoms with Gasteiger partial charge in [-0.3, -0.25) is 4.79 Å². The van der Waals surface area contributed by atoms with Crippen LogP contribution in [0.5, 0.6) is 0 Å². The van der Waals surface area contributed by atoms with E-state index in [1.807, 2.05) is 40.1 Å². The van der Waals surface area contributed by atoms with Crippen molar-refractivity contribution in [1.29, 1.82) is 0 Å². The molecule has 1 saturated carbocycles. The van der Waals surface area contributed by atoms with Crippen LogP contribution in [-0.2, 0) is 16.1 Å². The summed E-state index contributed by atoms with van der Waals surface area (Å²) in [6.07, 6.45) is 6.82. The Bertz CT molecular complexity index is 932. The predicted octanol–water partition coefficient (Wildman–Crippen LogP) is 2.49. The van der Waals surface area contributed by atoms with Crippen molar-refractivity contribution in [3.05, 3.63) is 30.3 Å². The van der Waals surface area contributed by atoms with E-state index in [1.54, 1.807) is 0 Å². The highest BCUT2D eigenvalue weighted by Gasteiger charge is 2.48. The lowest BCUT2D eigenvalue weighted by Crippen LogP contribution is -2.48. The highest BCUT2D eigenvalue weighted by molar-refractivity contribution is 5.76. The first-order valence-electron chi connectivity index (χ1n) is 11.2. The second-order valence-corrected chi connectivity index (χ2v) is 8.86. The van der Waals surface area contributed by atoms with Crippen LogP contribution in [0.1, 0.15) is 44.9 Å². The van der Waals surface area contributed by atoms with Crippen LogP contribution in [0.25, 0.3) is 11.4 Å². The van der Waals surface area contributed by atoms with Crippen molar-refractivity contribution in [2.75, 3.05) is 19.6 Å². The largest absolute Gasteiger partial charge is 0.441 e. The number of hydrogen-bond acceptors (Lipinski definition) is 6. The average Bonchev–Trinajstić information content (AvgIpc) is 3.39. The lowest BCUT2D eigenvalue weighted by Gasteiger charge is -2.36. The van der Waals surface area contributed by atoms with E-state index in [1.165, 1.54) is 11.2 Å². The number of piperidine rings is 1. The minimum atomic E-state index is -0.266. The molecule has 1 aromatic heterocycles. The Morgan fingerprint density at radius 3 is 2.58 bits per heavy atom. The van der Waals surface area contributed by atoms with Gasteiger partial charge in [-0.15, -0.1) is 10.2 Å². The third-order valence-corrected chi connectivity index (χ3v) is 6.78. The smallest absolute Gasteiger partial charge is 0.410 e. The van der Waals surface area contributed by atoms with E-state index in [2.05, 4.69) is 15.4 Å². The average molecular weight is 425 g/mol. The van der Waals surface area contributed by atoms with E-state index in [-0.39, 0.29) is 30.2 Å². The van der Waals surface area contributed by atoms with Crippen molar-refractivity contribution >= 4 is 12.0 Å². The number of benzene rings is 1. The quantitative estimate of drug-likeness (QED) is 0.749. The zero-order valence-corrected chi connectivity index (χ0v) is 17.7. The van der Waals surface area contributed by atoms with E-state index in [9.17, 15) is 9.59 Å². The molecule has 9 heteroatoms. The molecule has 0 unspecified atom stereocenters. The molecule has 0 radical (unpaired) electrons. The minimum Gasteiger partial charge on any atom is -0.441 e. The first kappa shape index (κ1) is 20.0. The monoisotopic (exact) mass is 424 g/mol. The molecule has 5 rings (SSSR count). The molecule has 9 nitrogen and oxygen atoms in total. The lowest BCUT2D eigenvalue weighted by atomic mass is 9.84. The summed E-state index contributed by atoms with van der Waals surface area (Å²) in [6.45, 7) is 2.02. The van der Waals surface area contributed by atoms with Gasteiger partial charge in [0, 0.05) is 24.7 Å². The van der Waals surface area contributed by atoms with Gasteiger partial charge in [-0.25, -0.2) is 4.79 Å². The maximum Gasteiger partial charge on any atom is 0.410 e. The van der Waals surface area contributed by atoms with Gasteiger partial charge in [-0.05, 0) is 43.7 Å². The summed E-state index contributed by atoms with van der Waals surface area (Å²) < 4.78 is 5.83. The Balaban J connectivity index is 1.14. The van der Waals surface area contributed by atoms with Gasteiger partial charge in [0.2, 0.25) is 11.7 Å². The molecule has 3 aliphatic rings. The summed E-state index contributed by atoms with van der Waals surface area (Å²) in [4.78, 5) is 30.4. The summed E-state index contributed by atoms with van der Waals surface area (Å²) in [7, 11) is 0. The standard InChI is InChI=1S/C22H28N6O3/c29-19(15-28-24-20(23-25-28)17-7-3-1-4-8-17)26-13-9-18(10-14-26)27-16-22(31-21(27)30)11-5-2-6-12-22/h1,3-4,7-8,18H,2,5-6,9-16H2. The highest BCUT2D eigenvalue weighted by atomic mass is 16.6. The van der Waals surface area contributed by atoms with E-state index in [0.29, 0.717) is 25.5 Å². The number of amides is 2. The van der Waals surface area contributed by atoms with Gasteiger partial charge in [0.05, 0.1) is 6.54 Å². The summed E-state index contributed by atoms with van der Waals surface area (Å²) in [5, 5.41) is 12.4. The predicted molar refractivity (Wildman–Crippen MR) is 112 cm³/mol. The van der Waals surface area contributed by atoms with E-state index in [0.717, 1.165) is 44.1 Å². The zero-order chi connectivity index (χ0) is 21.3. The summed E-state index contributed by atoms with van der Waals surface area (Å²) >= 11 is 0. The molecule has 2 aromatic rings. The molecule has 164 valence electrons. The van der Waals surface area contributed by atoms with Gasteiger partial charge in [0.25, 0.3) is 0 Å². The molecule has 0 bridgehead atoms. The van der Waals surface area contributed by atoms with Crippen LogP contribution in [0.2, 0.25) is 0 Å². The van der Waals surface area contributed by atoms with Gasteiger partial charge in [0.1, 0.15) is 12.1 Å². The fourth-order valence-corrected chi connectivity index (χ4v) is 5.05. The number of carbonyl (C=O) groups is 2. The third kappa shape index (κ3) is 4.13. The molecule has 1 aromatic carbocycles. The molecular weight excluding hydrogens is 396 g/mol. The molecule has 2 aliphatic heterocycles. The first-order chi connectivity index (χ1) is 15.1. The lowest BCUT2D eigenvalue weighted by molar-refractivity contribution is -0.133. The Morgan fingerprint density at radius 1 is 1.10 bits per heavy atom. The van der Waals surface area contributed by atoms with Crippen molar-refractivity contribution in [2.45, 2.75) is 63.1 Å². The van der Waals surface area contributed by atoms with Crippen molar-refractivity contribution < 1.29 is 14.3 Å². The van der Waals surface area contributed by atoms with Crippen molar-refractivity contribution in [2.24, 2.45) is 0 Å². The number of ether oxygens (including phenoxy) is 1. The van der Waals surface area contributed by atoms with Crippen LogP contribution in [0, 0.1) is 0 Å². The van der Waals surface area contributed by atoms with Crippen LogP contribution in [-0.4, -0.2) is 73.3 Å². The van der Waals surface area contributed by atoms with Gasteiger partial charge in [-0.1, -0.05) is 36.8 Å². The summed E-state index contributed by atoms with van der Waals surface area (Å²) in [6, 6.07) is 9.73. The Hall–Kier alpha value is -2.97. The SMILES string of the molecule is O=C(Cn1nnc(-c2ccccc2)n1)N1CCC(N2CC3(CCCCC3)OC2=O)CC1. The van der Waals surface area contributed by atoms with Crippen molar-refractivity contribution in [3.63, 3.8) is 0 Å². The van der Waals surface area contributed by atoms with Crippen LogP contribution in [0.4, 0.5) is 4.79 Å². The third-order valence-electron chi connectivity index (χ3n) is 6.78. The highest BCUT2D eigenvalue weighted by Crippen LogP contribution is 2.38. The van der Waals surface area contributed by atoms with Gasteiger partial charge >= 0.3 is 6.09 Å². The number of nitrogens with zero attached hydrogens (tertiary/aromatic N) is 6. The van der Waals surface area contributed by atoms with Gasteiger partial charge in [-0.2, -0.15) is 4.80 Å². The molecule has 1 aliphatic carbocycles. The van der Waals surface area contributed by atoms with Gasteiger partial charge in [0.15, 0.2) is 0 Å². The molecule has 2 amide bonds. The van der Waals surface area contributed by atoms with E-state index in [4.69, 9.17) is 4.74 Å². The Kier molecular flexibility index (Phi) is 5.33. The molecule has 3 heterocycles. The normalized spacial score (nSPS) is 21.5. The number of carbonyl (C=O) groups excluding carboxylic acids is 2.